The molecule has 0 bridgehead atoms. The van der Waals surface area contributed by atoms with Crippen molar-refractivity contribution >= 4 is 17.6 Å². The van der Waals surface area contributed by atoms with Gasteiger partial charge in [-0.05, 0) is 63.5 Å². The van der Waals surface area contributed by atoms with Crippen molar-refractivity contribution in [2.75, 3.05) is 26.2 Å². The highest BCUT2D eigenvalue weighted by Crippen LogP contribution is 2.28. The van der Waals surface area contributed by atoms with Crippen LogP contribution < -0.4 is 10.6 Å². The average Bonchev–Trinajstić information content (AvgIpc) is 3.35. The van der Waals surface area contributed by atoms with Crippen molar-refractivity contribution in [3.05, 3.63) is 22.5 Å². The first-order chi connectivity index (χ1) is 13.5. The number of H-pyrrole nitrogens is 1. The maximum absolute atomic E-state index is 13.1. The van der Waals surface area contributed by atoms with E-state index in [-0.39, 0.29) is 29.6 Å². The van der Waals surface area contributed by atoms with Crippen LogP contribution in [-0.4, -0.2) is 59.7 Å². The van der Waals surface area contributed by atoms with E-state index in [1.165, 1.54) is 0 Å². The molecule has 0 saturated carbocycles. The zero-order valence-corrected chi connectivity index (χ0v) is 16.6. The molecule has 3 aliphatic rings. The van der Waals surface area contributed by atoms with Crippen LogP contribution in [0.4, 0.5) is 0 Å². The van der Waals surface area contributed by atoms with Crippen LogP contribution in [0.15, 0.2) is 0 Å². The van der Waals surface area contributed by atoms with Gasteiger partial charge >= 0.3 is 0 Å². The molecular formula is C21H30N4O3. The van der Waals surface area contributed by atoms with Crippen molar-refractivity contribution < 1.29 is 14.4 Å². The van der Waals surface area contributed by atoms with Crippen LogP contribution in [0.1, 0.15) is 70.6 Å². The number of hydrogen-bond acceptors (Lipinski definition) is 4. The molecular weight excluding hydrogens is 356 g/mol. The number of nitrogens with zero attached hydrogens (tertiary/aromatic N) is 1. The number of likely N-dealkylation sites (tertiary alicyclic amines) is 1. The van der Waals surface area contributed by atoms with Crippen molar-refractivity contribution in [3.8, 4) is 0 Å². The summed E-state index contributed by atoms with van der Waals surface area (Å²) in [5.74, 6) is 0.476. The van der Waals surface area contributed by atoms with Crippen LogP contribution in [0, 0.1) is 12.8 Å². The van der Waals surface area contributed by atoms with E-state index in [0.29, 0.717) is 25.2 Å². The Morgan fingerprint density at radius 3 is 2.79 bits per heavy atom. The Kier molecular flexibility index (Phi) is 5.53. The van der Waals surface area contributed by atoms with Crippen molar-refractivity contribution in [1.82, 2.24) is 20.5 Å². The fourth-order valence-electron chi connectivity index (χ4n) is 4.84. The summed E-state index contributed by atoms with van der Waals surface area (Å²) >= 11 is 0. The van der Waals surface area contributed by atoms with Crippen LogP contribution in [0.25, 0.3) is 0 Å². The fraction of sp³-hybridized carbons (Fsp3) is 0.667. The molecule has 0 aromatic carbocycles. The number of fused-ring (bicyclic) bond motifs is 1. The number of ketones is 1. The van der Waals surface area contributed by atoms with Gasteiger partial charge in [0.2, 0.25) is 5.91 Å². The smallest absolute Gasteiger partial charge is 0.270 e. The van der Waals surface area contributed by atoms with E-state index in [1.807, 2.05) is 11.8 Å². The lowest BCUT2D eigenvalue weighted by molar-refractivity contribution is -0.123. The second kappa shape index (κ2) is 8.07. The van der Waals surface area contributed by atoms with E-state index in [4.69, 9.17) is 0 Å². The number of hydrogen-bond donors (Lipinski definition) is 3. The van der Waals surface area contributed by atoms with Crippen molar-refractivity contribution in [2.24, 2.45) is 5.92 Å². The molecule has 3 heterocycles. The fourth-order valence-corrected chi connectivity index (χ4v) is 4.84. The third-order valence-electron chi connectivity index (χ3n) is 6.40. The number of piperidine rings is 1. The number of Topliss-reactive ketones (excluding diaryl/α,β-unsaturated/α-hetero) is 1. The molecule has 2 unspecified atom stereocenters. The van der Waals surface area contributed by atoms with Crippen molar-refractivity contribution in [2.45, 2.75) is 57.9 Å². The van der Waals surface area contributed by atoms with Gasteiger partial charge in [-0.3, -0.25) is 14.4 Å². The summed E-state index contributed by atoms with van der Waals surface area (Å²) in [4.78, 5) is 42.7. The standard InChI is InChI=1S/C21H30N4O3/c1-13-18-15(6-2-8-17(18)26)24-19(13)21(28)25-10-4-5-14(12-25)11-23-20(27)16-7-3-9-22-16/h14,16,22,24H,2-12H2,1H3,(H,23,27). The first-order valence-electron chi connectivity index (χ1n) is 10.6. The maximum atomic E-state index is 13.1. The summed E-state index contributed by atoms with van der Waals surface area (Å²) in [7, 11) is 0. The average molecular weight is 386 g/mol. The molecule has 2 amide bonds. The Morgan fingerprint density at radius 1 is 1.18 bits per heavy atom. The molecule has 2 saturated heterocycles. The number of nitrogens with one attached hydrogen (secondary N) is 3. The summed E-state index contributed by atoms with van der Waals surface area (Å²) in [6, 6.07) is -0.0632. The molecule has 2 fully saturated rings. The maximum Gasteiger partial charge on any atom is 0.270 e. The highest BCUT2D eigenvalue weighted by atomic mass is 16.2. The van der Waals surface area contributed by atoms with Crippen LogP contribution in [0.2, 0.25) is 0 Å². The molecule has 7 nitrogen and oxygen atoms in total. The summed E-state index contributed by atoms with van der Waals surface area (Å²) in [5.41, 5.74) is 3.02. The Bertz CT molecular complexity index is 779. The quantitative estimate of drug-likeness (QED) is 0.732. The third-order valence-corrected chi connectivity index (χ3v) is 6.40. The van der Waals surface area contributed by atoms with E-state index in [9.17, 15) is 14.4 Å². The van der Waals surface area contributed by atoms with Crippen molar-refractivity contribution in [1.29, 1.82) is 0 Å². The summed E-state index contributed by atoms with van der Waals surface area (Å²) < 4.78 is 0. The molecule has 0 radical (unpaired) electrons. The predicted octanol–water partition coefficient (Wildman–Crippen LogP) is 1.56. The number of rotatable bonds is 4. The Balaban J connectivity index is 1.38. The van der Waals surface area contributed by atoms with Crippen LogP contribution in [0.5, 0.6) is 0 Å². The van der Waals surface area contributed by atoms with Crippen LogP contribution in [-0.2, 0) is 11.2 Å². The van der Waals surface area contributed by atoms with Gasteiger partial charge in [-0.2, -0.15) is 0 Å². The molecule has 1 aromatic rings. The molecule has 1 aromatic heterocycles. The minimum absolute atomic E-state index is 0.0202. The molecule has 28 heavy (non-hydrogen) atoms. The van der Waals surface area contributed by atoms with Crippen molar-refractivity contribution in [3.63, 3.8) is 0 Å². The first kappa shape index (κ1) is 19.2. The topological polar surface area (TPSA) is 94.3 Å². The minimum atomic E-state index is -0.0632. The minimum Gasteiger partial charge on any atom is -0.354 e. The number of aromatic nitrogens is 1. The van der Waals surface area contributed by atoms with Gasteiger partial charge in [-0.25, -0.2) is 0 Å². The molecule has 2 aliphatic heterocycles. The van der Waals surface area contributed by atoms with E-state index >= 15 is 0 Å². The van der Waals surface area contributed by atoms with Gasteiger partial charge in [0, 0.05) is 37.3 Å². The summed E-state index contributed by atoms with van der Waals surface area (Å²) in [6.45, 7) is 4.77. The highest BCUT2D eigenvalue weighted by Gasteiger charge is 2.31. The van der Waals surface area contributed by atoms with Gasteiger partial charge in [-0.1, -0.05) is 0 Å². The molecule has 3 N–H and O–H groups in total. The van der Waals surface area contributed by atoms with Crippen LogP contribution >= 0.6 is 0 Å². The van der Waals surface area contributed by atoms with E-state index in [1.54, 1.807) is 0 Å². The molecule has 4 rings (SSSR count). The first-order valence-corrected chi connectivity index (χ1v) is 10.6. The van der Waals surface area contributed by atoms with Gasteiger partial charge in [0.1, 0.15) is 5.69 Å². The lowest BCUT2D eigenvalue weighted by Crippen LogP contribution is -2.46. The van der Waals surface area contributed by atoms with Gasteiger partial charge in [0.05, 0.1) is 6.04 Å². The number of carbonyl (C=O) groups excluding carboxylic acids is 3. The largest absolute Gasteiger partial charge is 0.354 e. The Labute approximate surface area is 165 Å². The molecule has 0 spiro atoms. The van der Waals surface area contributed by atoms with Gasteiger partial charge in [0.15, 0.2) is 5.78 Å². The number of aromatic amines is 1. The van der Waals surface area contributed by atoms with Gasteiger partial charge < -0.3 is 20.5 Å². The number of carbonyl (C=O) groups is 3. The zero-order chi connectivity index (χ0) is 19.7. The predicted molar refractivity (Wildman–Crippen MR) is 105 cm³/mol. The van der Waals surface area contributed by atoms with Gasteiger partial charge in [0.25, 0.3) is 5.91 Å². The van der Waals surface area contributed by atoms with E-state index in [2.05, 4.69) is 15.6 Å². The molecule has 7 heteroatoms. The monoisotopic (exact) mass is 386 g/mol. The normalized spacial score (nSPS) is 24.9. The second-order valence-electron chi connectivity index (χ2n) is 8.41. The third kappa shape index (κ3) is 3.72. The van der Waals surface area contributed by atoms with Gasteiger partial charge in [-0.15, -0.1) is 0 Å². The SMILES string of the molecule is Cc1c(C(=O)N2CCCC(CNC(=O)C3CCCN3)C2)[nH]c2c1C(=O)CCC2. The summed E-state index contributed by atoms with van der Waals surface area (Å²) in [5, 5.41) is 6.28. The molecule has 2 atom stereocenters. The van der Waals surface area contributed by atoms with E-state index < -0.39 is 0 Å². The Morgan fingerprint density at radius 2 is 2.04 bits per heavy atom. The zero-order valence-electron chi connectivity index (χ0n) is 16.6. The molecule has 152 valence electrons. The highest BCUT2D eigenvalue weighted by molar-refractivity contribution is 6.04. The Hall–Kier alpha value is -2.15. The lowest BCUT2D eigenvalue weighted by Gasteiger charge is -2.33. The summed E-state index contributed by atoms with van der Waals surface area (Å²) in [6.07, 6.45) is 6.15. The van der Waals surface area contributed by atoms with Crippen LogP contribution in [0.3, 0.4) is 0 Å². The number of amides is 2. The second-order valence-corrected chi connectivity index (χ2v) is 8.41. The van der Waals surface area contributed by atoms with E-state index in [0.717, 1.165) is 68.4 Å². The number of aryl methyl sites for hydroxylation is 1. The lowest BCUT2D eigenvalue weighted by atomic mass is 9.93. The molecule has 1 aliphatic carbocycles.